The van der Waals surface area contributed by atoms with Crippen molar-refractivity contribution in [2.24, 2.45) is 29.2 Å². The lowest BCUT2D eigenvalue weighted by molar-refractivity contribution is 0.301. The molecular formula is C12H28N2. The van der Waals surface area contributed by atoms with Gasteiger partial charge in [0.1, 0.15) is 0 Å². The quantitative estimate of drug-likeness (QED) is 0.632. The molecule has 2 atom stereocenters. The van der Waals surface area contributed by atoms with Crippen LogP contribution in [-0.4, -0.2) is 13.1 Å². The molecule has 0 saturated carbocycles. The van der Waals surface area contributed by atoms with Crippen molar-refractivity contribution in [1.82, 2.24) is 0 Å². The second kappa shape index (κ2) is 8.25. The number of nitrogens with two attached hydrogens (primary N) is 2. The van der Waals surface area contributed by atoms with E-state index in [2.05, 4.69) is 20.8 Å². The molecule has 86 valence electrons. The average Bonchev–Trinajstić information content (AvgIpc) is 2.15. The summed E-state index contributed by atoms with van der Waals surface area (Å²) in [5.74, 6) is 2.23. The van der Waals surface area contributed by atoms with Gasteiger partial charge in [0.2, 0.25) is 0 Å². The molecule has 0 aromatic carbocycles. The van der Waals surface area contributed by atoms with E-state index in [-0.39, 0.29) is 0 Å². The standard InChI is InChI=1S/C12H28N2/c1-10(2)6-7-12(9-14)11(3)5-4-8-13/h10-12H,4-9,13-14H2,1-3H3/t11-,12+/m0/s1. The van der Waals surface area contributed by atoms with Gasteiger partial charge in [-0.2, -0.15) is 0 Å². The lowest BCUT2D eigenvalue weighted by Crippen LogP contribution is -2.22. The summed E-state index contributed by atoms with van der Waals surface area (Å²) in [4.78, 5) is 0. The fourth-order valence-electron chi connectivity index (χ4n) is 1.86. The Morgan fingerprint density at radius 3 is 2.00 bits per heavy atom. The summed E-state index contributed by atoms with van der Waals surface area (Å²) in [7, 11) is 0. The van der Waals surface area contributed by atoms with E-state index in [1.165, 1.54) is 19.3 Å². The highest BCUT2D eigenvalue weighted by Gasteiger charge is 2.15. The molecule has 0 amide bonds. The van der Waals surface area contributed by atoms with Crippen LogP contribution < -0.4 is 11.5 Å². The van der Waals surface area contributed by atoms with Gasteiger partial charge in [-0.1, -0.05) is 27.2 Å². The minimum atomic E-state index is 0.698. The van der Waals surface area contributed by atoms with E-state index in [1.807, 2.05) is 0 Å². The smallest absolute Gasteiger partial charge is 0.00463 e. The van der Waals surface area contributed by atoms with Crippen LogP contribution in [0.25, 0.3) is 0 Å². The van der Waals surface area contributed by atoms with Crippen molar-refractivity contribution in [3.63, 3.8) is 0 Å². The zero-order valence-electron chi connectivity index (χ0n) is 10.1. The first-order valence-electron chi connectivity index (χ1n) is 6.01. The molecule has 0 aliphatic rings. The Labute approximate surface area is 89.4 Å². The molecule has 0 bridgehead atoms. The monoisotopic (exact) mass is 200 g/mol. The predicted molar refractivity (Wildman–Crippen MR) is 64.1 cm³/mol. The van der Waals surface area contributed by atoms with Crippen LogP contribution in [-0.2, 0) is 0 Å². The van der Waals surface area contributed by atoms with E-state index in [4.69, 9.17) is 11.5 Å². The first-order chi connectivity index (χ1) is 6.61. The van der Waals surface area contributed by atoms with Gasteiger partial charge in [-0.05, 0) is 50.1 Å². The van der Waals surface area contributed by atoms with Crippen molar-refractivity contribution < 1.29 is 0 Å². The van der Waals surface area contributed by atoms with E-state index < -0.39 is 0 Å². The van der Waals surface area contributed by atoms with Crippen LogP contribution in [0.15, 0.2) is 0 Å². The highest BCUT2D eigenvalue weighted by atomic mass is 14.6. The summed E-state index contributed by atoms with van der Waals surface area (Å²) in [5, 5.41) is 0. The van der Waals surface area contributed by atoms with E-state index in [0.717, 1.165) is 31.3 Å². The summed E-state index contributed by atoms with van der Waals surface area (Å²) in [6.07, 6.45) is 4.95. The van der Waals surface area contributed by atoms with Crippen LogP contribution in [0, 0.1) is 17.8 Å². The molecule has 0 aliphatic carbocycles. The SMILES string of the molecule is CC(C)CC[C@H](CN)[C@@H](C)CCCN. The molecule has 0 aliphatic heterocycles. The van der Waals surface area contributed by atoms with Gasteiger partial charge in [0.25, 0.3) is 0 Å². The highest BCUT2D eigenvalue weighted by Crippen LogP contribution is 2.22. The van der Waals surface area contributed by atoms with Crippen LogP contribution in [0.2, 0.25) is 0 Å². The molecule has 2 heteroatoms. The Morgan fingerprint density at radius 2 is 1.57 bits per heavy atom. The van der Waals surface area contributed by atoms with Crippen LogP contribution in [0.1, 0.15) is 46.5 Å². The van der Waals surface area contributed by atoms with Crippen molar-refractivity contribution in [2.75, 3.05) is 13.1 Å². The number of hydrogen-bond donors (Lipinski definition) is 2. The van der Waals surface area contributed by atoms with Gasteiger partial charge in [-0.25, -0.2) is 0 Å². The molecule has 0 unspecified atom stereocenters. The van der Waals surface area contributed by atoms with Crippen molar-refractivity contribution in [1.29, 1.82) is 0 Å². The third kappa shape index (κ3) is 6.39. The lowest BCUT2D eigenvalue weighted by atomic mass is 9.85. The zero-order valence-corrected chi connectivity index (χ0v) is 10.1. The van der Waals surface area contributed by atoms with E-state index in [1.54, 1.807) is 0 Å². The van der Waals surface area contributed by atoms with Gasteiger partial charge in [-0.15, -0.1) is 0 Å². The molecular weight excluding hydrogens is 172 g/mol. The Morgan fingerprint density at radius 1 is 0.929 bits per heavy atom. The van der Waals surface area contributed by atoms with Crippen LogP contribution in [0.4, 0.5) is 0 Å². The minimum Gasteiger partial charge on any atom is -0.330 e. The predicted octanol–water partition coefficient (Wildman–Crippen LogP) is 2.37. The molecule has 0 saturated heterocycles. The Hall–Kier alpha value is -0.0800. The van der Waals surface area contributed by atoms with Gasteiger partial charge in [-0.3, -0.25) is 0 Å². The summed E-state index contributed by atoms with van der Waals surface area (Å²) in [6, 6.07) is 0. The fraction of sp³-hybridized carbons (Fsp3) is 1.00. The molecule has 4 N–H and O–H groups in total. The first kappa shape index (κ1) is 13.9. The second-order valence-corrected chi connectivity index (χ2v) is 4.88. The maximum atomic E-state index is 5.80. The fourth-order valence-corrected chi connectivity index (χ4v) is 1.86. The molecule has 0 aromatic rings. The van der Waals surface area contributed by atoms with Gasteiger partial charge in [0.15, 0.2) is 0 Å². The van der Waals surface area contributed by atoms with Crippen LogP contribution >= 0.6 is 0 Å². The topological polar surface area (TPSA) is 52.0 Å². The Kier molecular flexibility index (Phi) is 8.20. The third-order valence-corrected chi connectivity index (χ3v) is 3.09. The van der Waals surface area contributed by atoms with Gasteiger partial charge < -0.3 is 11.5 Å². The minimum absolute atomic E-state index is 0.698. The summed E-state index contributed by atoms with van der Waals surface area (Å²) in [6.45, 7) is 8.51. The van der Waals surface area contributed by atoms with Crippen molar-refractivity contribution in [3.8, 4) is 0 Å². The van der Waals surface area contributed by atoms with Crippen molar-refractivity contribution >= 4 is 0 Å². The summed E-state index contributed by atoms with van der Waals surface area (Å²) in [5.41, 5.74) is 11.3. The maximum Gasteiger partial charge on any atom is -0.00463 e. The summed E-state index contributed by atoms with van der Waals surface area (Å²) >= 11 is 0. The first-order valence-corrected chi connectivity index (χ1v) is 6.01. The van der Waals surface area contributed by atoms with E-state index in [9.17, 15) is 0 Å². The molecule has 0 aromatic heterocycles. The molecule has 0 rings (SSSR count). The molecule has 0 radical (unpaired) electrons. The molecule has 14 heavy (non-hydrogen) atoms. The Balaban J connectivity index is 3.74. The number of hydrogen-bond acceptors (Lipinski definition) is 2. The van der Waals surface area contributed by atoms with E-state index in [0.29, 0.717) is 5.92 Å². The lowest BCUT2D eigenvalue weighted by Gasteiger charge is -2.23. The van der Waals surface area contributed by atoms with E-state index >= 15 is 0 Å². The van der Waals surface area contributed by atoms with Crippen LogP contribution in [0.3, 0.4) is 0 Å². The largest absolute Gasteiger partial charge is 0.330 e. The number of rotatable bonds is 8. The summed E-state index contributed by atoms with van der Waals surface area (Å²) < 4.78 is 0. The van der Waals surface area contributed by atoms with Crippen molar-refractivity contribution in [2.45, 2.75) is 46.5 Å². The highest BCUT2D eigenvalue weighted by molar-refractivity contribution is 4.68. The van der Waals surface area contributed by atoms with Gasteiger partial charge in [0.05, 0.1) is 0 Å². The Bertz CT molecular complexity index is 123. The third-order valence-electron chi connectivity index (χ3n) is 3.09. The maximum absolute atomic E-state index is 5.80. The zero-order chi connectivity index (χ0) is 11.0. The van der Waals surface area contributed by atoms with Crippen LogP contribution in [0.5, 0.6) is 0 Å². The molecule has 0 spiro atoms. The normalized spacial score (nSPS) is 15.9. The second-order valence-electron chi connectivity index (χ2n) is 4.88. The molecule has 0 fully saturated rings. The molecule has 0 heterocycles. The van der Waals surface area contributed by atoms with Crippen molar-refractivity contribution in [3.05, 3.63) is 0 Å². The molecule has 2 nitrogen and oxygen atoms in total. The van der Waals surface area contributed by atoms with Gasteiger partial charge >= 0.3 is 0 Å². The average molecular weight is 200 g/mol. The van der Waals surface area contributed by atoms with Gasteiger partial charge in [0, 0.05) is 0 Å².